The Morgan fingerprint density at radius 2 is 1.76 bits per heavy atom. The first-order chi connectivity index (χ1) is 20.0. The number of halogens is 1. The van der Waals surface area contributed by atoms with Crippen molar-refractivity contribution in [3.05, 3.63) is 89.7 Å². The normalized spacial score (nSPS) is 16.6. The molecular formula is C31H29FN4O4S. The van der Waals surface area contributed by atoms with Crippen molar-refractivity contribution in [2.24, 2.45) is 0 Å². The number of ether oxygens (including phenoxy) is 2. The zero-order valence-electron chi connectivity index (χ0n) is 22.7. The summed E-state index contributed by atoms with van der Waals surface area (Å²) in [5.41, 5.74) is 3.76. The minimum absolute atomic E-state index is 0.141. The van der Waals surface area contributed by atoms with Crippen LogP contribution in [0.5, 0.6) is 11.5 Å². The lowest BCUT2D eigenvalue weighted by atomic mass is 9.99. The molecule has 0 saturated heterocycles. The summed E-state index contributed by atoms with van der Waals surface area (Å²) in [6, 6.07) is 21.5. The Labute approximate surface area is 241 Å². The number of fused-ring (bicyclic) bond motifs is 1. The van der Waals surface area contributed by atoms with Gasteiger partial charge in [0.2, 0.25) is 11.8 Å². The van der Waals surface area contributed by atoms with Crippen molar-refractivity contribution in [1.82, 2.24) is 15.1 Å². The molecule has 1 saturated carbocycles. The number of hydrogen-bond acceptors (Lipinski definition) is 6. The van der Waals surface area contributed by atoms with Crippen molar-refractivity contribution < 1.29 is 23.5 Å². The largest absolute Gasteiger partial charge is 0.493 e. The number of methoxy groups -OCH3 is 2. The molecule has 210 valence electrons. The van der Waals surface area contributed by atoms with Crippen molar-refractivity contribution >= 4 is 29.4 Å². The minimum atomic E-state index is -0.384. The van der Waals surface area contributed by atoms with Gasteiger partial charge in [-0.15, -0.1) is 11.8 Å². The molecule has 2 heterocycles. The summed E-state index contributed by atoms with van der Waals surface area (Å²) in [6.07, 6.45) is 1.88. The third kappa shape index (κ3) is 5.39. The van der Waals surface area contributed by atoms with Crippen LogP contribution >= 0.6 is 11.8 Å². The van der Waals surface area contributed by atoms with Crippen LogP contribution in [0.2, 0.25) is 0 Å². The van der Waals surface area contributed by atoms with Crippen LogP contribution in [0.15, 0.2) is 72.8 Å². The van der Waals surface area contributed by atoms with Gasteiger partial charge in [-0.1, -0.05) is 36.4 Å². The Kier molecular flexibility index (Phi) is 7.40. The van der Waals surface area contributed by atoms with E-state index in [4.69, 9.17) is 14.6 Å². The zero-order chi connectivity index (χ0) is 28.5. The van der Waals surface area contributed by atoms with Gasteiger partial charge in [-0.2, -0.15) is 5.10 Å². The summed E-state index contributed by atoms with van der Waals surface area (Å²) in [5, 5.41) is 7.68. The van der Waals surface area contributed by atoms with Crippen LogP contribution in [0.1, 0.15) is 29.2 Å². The summed E-state index contributed by atoms with van der Waals surface area (Å²) >= 11 is 1.46. The number of anilines is 1. The van der Waals surface area contributed by atoms with E-state index >= 15 is 0 Å². The summed E-state index contributed by atoms with van der Waals surface area (Å²) in [4.78, 5) is 28.4. The van der Waals surface area contributed by atoms with Crippen molar-refractivity contribution in [3.8, 4) is 28.4 Å². The summed E-state index contributed by atoms with van der Waals surface area (Å²) < 4.78 is 26.7. The van der Waals surface area contributed by atoms with Gasteiger partial charge in [-0.3, -0.25) is 14.5 Å². The standard InChI is InChI=1S/C31H29FN4O4S/c1-39-24-15-8-20(16-25(24)40-2)30-28-29(19-6-4-3-5-7-19)34-36(23-13-9-21(32)10-14-23)31(28)35(27(38)18-41-30)17-26(37)33-22-11-12-22/h3-10,13-16,22,30H,11-12,17-18H2,1-2H3,(H,33,37). The predicted molar refractivity (Wildman–Crippen MR) is 156 cm³/mol. The van der Waals surface area contributed by atoms with Gasteiger partial charge >= 0.3 is 0 Å². The van der Waals surface area contributed by atoms with Crippen molar-refractivity contribution in [2.45, 2.75) is 24.1 Å². The number of nitrogens with one attached hydrogen (secondary N) is 1. The molecule has 1 atom stereocenters. The van der Waals surface area contributed by atoms with Crippen molar-refractivity contribution in [3.63, 3.8) is 0 Å². The number of rotatable bonds is 8. The molecule has 0 radical (unpaired) electrons. The van der Waals surface area contributed by atoms with E-state index in [1.165, 1.54) is 28.8 Å². The number of carbonyl (C=O) groups excluding carboxylic acids is 2. The first-order valence-electron chi connectivity index (χ1n) is 13.3. The molecule has 2 aliphatic rings. The Bertz CT molecular complexity index is 1590. The maximum absolute atomic E-state index is 14.0. The number of nitrogens with zero attached hydrogens (tertiary/aromatic N) is 3. The third-order valence-electron chi connectivity index (χ3n) is 7.16. The average Bonchev–Trinajstić information content (AvgIpc) is 3.75. The molecule has 41 heavy (non-hydrogen) atoms. The molecule has 0 spiro atoms. The molecule has 2 amide bonds. The maximum Gasteiger partial charge on any atom is 0.240 e. The molecule has 4 aromatic rings. The minimum Gasteiger partial charge on any atom is -0.493 e. The quantitative estimate of drug-likeness (QED) is 0.315. The van der Waals surface area contributed by atoms with Crippen LogP contribution in [0, 0.1) is 5.82 Å². The predicted octanol–water partition coefficient (Wildman–Crippen LogP) is 5.14. The van der Waals surface area contributed by atoms with Gasteiger partial charge in [-0.25, -0.2) is 9.07 Å². The Balaban J connectivity index is 1.60. The van der Waals surface area contributed by atoms with Gasteiger partial charge in [0.25, 0.3) is 0 Å². The fourth-order valence-electron chi connectivity index (χ4n) is 5.01. The van der Waals surface area contributed by atoms with Crippen LogP contribution in [-0.4, -0.2) is 54.2 Å². The maximum atomic E-state index is 14.0. The lowest BCUT2D eigenvalue weighted by Crippen LogP contribution is -2.43. The van der Waals surface area contributed by atoms with Gasteiger partial charge < -0.3 is 14.8 Å². The first-order valence-corrected chi connectivity index (χ1v) is 14.4. The molecule has 1 N–H and O–H groups in total. The van der Waals surface area contributed by atoms with Gasteiger partial charge in [0.1, 0.15) is 18.2 Å². The lowest BCUT2D eigenvalue weighted by molar-refractivity contribution is -0.123. The third-order valence-corrected chi connectivity index (χ3v) is 8.42. The summed E-state index contributed by atoms with van der Waals surface area (Å²) in [7, 11) is 3.17. The van der Waals surface area contributed by atoms with E-state index in [1.54, 1.807) is 31.0 Å². The van der Waals surface area contributed by atoms with Gasteiger partial charge in [-0.05, 0) is 54.8 Å². The molecule has 1 unspecified atom stereocenters. The molecular weight excluding hydrogens is 543 g/mol. The second-order valence-corrected chi connectivity index (χ2v) is 11.1. The van der Waals surface area contributed by atoms with E-state index in [0.717, 1.165) is 29.5 Å². The first kappa shape index (κ1) is 26.9. The van der Waals surface area contributed by atoms with Crippen LogP contribution in [0.25, 0.3) is 16.9 Å². The molecule has 1 aliphatic carbocycles. The van der Waals surface area contributed by atoms with Gasteiger partial charge in [0.05, 0.1) is 36.6 Å². The van der Waals surface area contributed by atoms with Crippen LogP contribution < -0.4 is 19.7 Å². The molecule has 1 aliphatic heterocycles. The zero-order valence-corrected chi connectivity index (χ0v) is 23.5. The van der Waals surface area contributed by atoms with Gasteiger partial charge in [0, 0.05) is 17.2 Å². The number of carbonyl (C=O) groups is 2. The highest BCUT2D eigenvalue weighted by Gasteiger charge is 2.38. The summed E-state index contributed by atoms with van der Waals surface area (Å²) in [6.45, 7) is -0.150. The van der Waals surface area contributed by atoms with Crippen LogP contribution in [0.4, 0.5) is 10.2 Å². The van der Waals surface area contributed by atoms with E-state index in [-0.39, 0.29) is 41.2 Å². The summed E-state index contributed by atoms with van der Waals surface area (Å²) in [5.74, 6) is 0.956. The molecule has 3 aromatic carbocycles. The fourth-order valence-corrected chi connectivity index (χ4v) is 6.20. The van der Waals surface area contributed by atoms with Crippen molar-refractivity contribution in [2.75, 3.05) is 31.4 Å². The number of thioether (sulfide) groups is 1. The highest BCUT2D eigenvalue weighted by Crippen LogP contribution is 2.49. The fraction of sp³-hybridized carbons (Fsp3) is 0.258. The number of benzene rings is 3. The van der Waals surface area contributed by atoms with Crippen LogP contribution in [-0.2, 0) is 9.59 Å². The lowest BCUT2D eigenvalue weighted by Gasteiger charge is -2.23. The molecule has 6 rings (SSSR count). The van der Waals surface area contributed by atoms with Crippen LogP contribution in [0.3, 0.4) is 0 Å². The molecule has 0 bridgehead atoms. The monoisotopic (exact) mass is 572 g/mol. The highest BCUT2D eigenvalue weighted by molar-refractivity contribution is 8.00. The SMILES string of the molecule is COc1ccc(C2SCC(=O)N(CC(=O)NC3CC3)c3c2c(-c2ccccc2)nn3-c2ccc(F)cc2)cc1OC. The van der Waals surface area contributed by atoms with E-state index < -0.39 is 0 Å². The molecule has 8 nitrogen and oxygen atoms in total. The van der Waals surface area contributed by atoms with E-state index in [1.807, 2.05) is 48.5 Å². The smallest absolute Gasteiger partial charge is 0.240 e. The Hall–Kier alpha value is -4.31. The molecule has 1 fully saturated rings. The van der Waals surface area contributed by atoms with Gasteiger partial charge in [0.15, 0.2) is 11.5 Å². The van der Waals surface area contributed by atoms with Crippen molar-refractivity contribution in [1.29, 1.82) is 0 Å². The van der Waals surface area contributed by atoms with E-state index in [2.05, 4.69) is 5.32 Å². The molecule has 1 aromatic heterocycles. The average molecular weight is 573 g/mol. The number of aromatic nitrogens is 2. The topological polar surface area (TPSA) is 85.7 Å². The number of amides is 2. The van der Waals surface area contributed by atoms with E-state index in [9.17, 15) is 14.0 Å². The highest BCUT2D eigenvalue weighted by atomic mass is 32.2. The van der Waals surface area contributed by atoms with E-state index in [0.29, 0.717) is 28.7 Å². The molecule has 10 heteroatoms. The second-order valence-electron chi connectivity index (χ2n) is 9.97. The Morgan fingerprint density at radius 3 is 2.44 bits per heavy atom. The Morgan fingerprint density at radius 1 is 1.02 bits per heavy atom. The second kappa shape index (κ2) is 11.3. The number of hydrogen-bond donors (Lipinski definition) is 1.